The van der Waals surface area contributed by atoms with E-state index in [0.717, 1.165) is 11.8 Å². The van der Waals surface area contributed by atoms with Crippen molar-refractivity contribution in [1.82, 2.24) is 5.32 Å². The van der Waals surface area contributed by atoms with E-state index in [2.05, 4.69) is 5.32 Å². The first-order valence-corrected chi connectivity index (χ1v) is 10.5. The minimum atomic E-state index is -3.54. The number of hydrogen-bond donors (Lipinski definition) is 1. The smallest absolute Gasteiger partial charge is 0.232 e. The third-order valence-electron chi connectivity index (χ3n) is 4.06. The number of Topliss-reactive ketones (excluding diaryl/α,β-unsaturated/α-hetero) is 1. The summed E-state index contributed by atoms with van der Waals surface area (Å²) < 4.78 is 25.4. The quantitative estimate of drug-likeness (QED) is 0.669. The van der Waals surface area contributed by atoms with Gasteiger partial charge in [0, 0.05) is 18.5 Å². The van der Waals surface area contributed by atoms with Gasteiger partial charge in [0.25, 0.3) is 0 Å². The maximum absolute atomic E-state index is 12.1. The second kappa shape index (κ2) is 9.32. The molecule has 2 aromatic rings. The van der Waals surface area contributed by atoms with Crippen LogP contribution in [-0.2, 0) is 21.2 Å². The summed E-state index contributed by atoms with van der Waals surface area (Å²) in [5.41, 5.74) is 1.92. The van der Waals surface area contributed by atoms with Gasteiger partial charge in [0.2, 0.25) is 15.9 Å². The number of ketones is 1. The summed E-state index contributed by atoms with van der Waals surface area (Å²) in [6.07, 6.45) is 2.07. The number of carbonyl (C=O) groups is 2. The predicted octanol–water partition coefficient (Wildman–Crippen LogP) is 2.40. The van der Waals surface area contributed by atoms with Crippen LogP contribution in [0.3, 0.4) is 0 Å². The molecule has 2 rings (SSSR count). The lowest BCUT2D eigenvalue weighted by Crippen LogP contribution is -2.38. The van der Waals surface area contributed by atoms with E-state index in [0.29, 0.717) is 24.1 Å². The Balaban J connectivity index is 1.94. The van der Waals surface area contributed by atoms with Crippen molar-refractivity contribution in [3.63, 3.8) is 0 Å². The van der Waals surface area contributed by atoms with Crippen molar-refractivity contribution < 1.29 is 18.0 Å². The highest BCUT2D eigenvalue weighted by Crippen LogP contribution is 2.19. The average Bonchev–Trinajstić information content (AvgIpc) is 2.63. The van der Waals surface area contributed by atoms with E-state index in [4.69, 9.17) is 0 Å². The number of aryl methyl sites for hydroxylation is 1. The maximum Gasteiger partial charge on any atom is 0.232 e. The molecule has 0 heterocycles. The molecule has 1 N–H and O–H groups in total. The van der Waals surface area contributed by atoms with Crippen LogP contribution in [0.15, 0.2) is 54.6 Å². The van der Waals surface area contributed by atoms with Crippen molar-refractivity contribution in [2.45, 2.75) is 19.8 Å². The minimum Gasteiger partial charge on any atom is -0.354 e. The molecular formula is C20H24N2O4S. The molecule has 0 spiro atoms. The number of hydrogen-bond acceptors (Lipinski definition) is 4. The summed E-state index contributed by atoms with van der Waals surface area (Å²) in [4.78, 5) is 23.5. The number of anilines is 1. The monoisotopic (exact) mass is 388 g/mol. The lowest BCUT2D eigenvalue weighted by Gasteiger charge is -2.23. The third-order valence-corrected chi connectivity index (χ3v) is 5.26. The van der Waals surface area contributed by atoms with Gasteiger partial charge >= 0.3 is 0 Å². The Hall–Kier alpha value is -2.67. The molecule has 2 aromatic carbocycles. The largest absolute Gasteiger partial charge is 0.354 e. The summed E-state index contributed by atoms with van der Waals surface area (Å²) in [5.74, 6) is -0.274. The van der Waals surface area contributed by atoms with Crippen molar-refractivity contribution in [3.8, 4) is 0 Å². The maximum atomic E-state index is 12.1. The van der Waals surface area contributed by atoms with Crippen molar-refractivity contribution in [3.05, 3.63) is 65.7 Å². The van der Waals surface area contributed by atoms with Crippen LogP contribution >= 0.6 is 0 Å². The lowest BCUT2D eigenvalue weighted by molar-refractivity contribution is -0.120. The third kappa shape index (κ3) is 6.53. The minimum absolute atomic E-state index is 0.0945. The Bertz CT molecular complexity index is 895. The number of sulfonamides is 1. The van der Waals surface area contributed by atoms with Gasteiger partial charge in [0.05, 0.1) is 18.5 Å². The van der Waals surface area contributed by atoms with Gasteiger partial charge in [-0.15, -0.1) is 0 Å². The van der Waals surface area contributed by atoms with Gasteiger partial charge in [-0.3, -0.25) is 13.9 Å². The van der Waals surface area contributed by atoms with Crippen LogP contribution in [0.1, 0.15) is 29.3 Å². The summed E-state index contributed by atoms with van der Waals surface area (Å²) in [6, 6.07) is 16.1. The zero-order chi connectivity index (χ0) is 19.9. The summed E-state index contributed by atoms with van der Waals surface area (Å²) in [5, 5.41) is 2.75. The molecule has 0 bridgehead atoms. The van der Waals surface area contributed by atoms with E-state index in [-0.39, 0.29) is 24.8 Å². The van der Waals surface area contributed by atoms with Gasteiger partial charge in [-0.1, -0.05) is 42.5 Å². The Morgan fingerprint density at radius 3 is 2.37 bits per heavy atom. The van der Waals surface area contributed by atoms with Crippen LogP contribution in [0.2, 0.25) is 0 Å². The van der Waals surface area contributed by atoms with Crippen molar-refractivity contribution in [1.29, 1.82) is 0 Å². The molecule has 0 aliphatic heterocycles. The number of carbonyl (C=O) groups excluding carboxylic acids is 2. The number of rotatable bonds is 9. The fraction of sp³-hybridized carbons (Fsp3) is 0.300. The SMILES string of the molecule is CC(=O)c1cccc(N(CCNC(=O)CCc2ccccc2)S(C)(=O)=O)c1. The zero-order valence-corrected chi connectivity index (χ0v) is 16.3. The van der Waals surface area contributed by atoms with Crippen LogP contribution in [0, 0.1) is 0 Å². The molecule has 27 heavy (non-hydrogen) atoms. The molecule has 0 fully saturated rings. The van der Waals surface area contributed by atoms with Crippen LogP contribution in [0.5, 0.6) is 0 Å². The fourth-order valence-corrected chi connectivity index (χ4v) is 3.57. The van der Waals surface area contributed by atoms with E-state index in [1.54, 1.807) is 24.3 Å². The number of nitrogens with zero attached hydrogens (tertiary/aromatic N) is 1. The molecule has 0 saturated carbocycles. The highest BCUT2D eigenvalue weighted by molar-refractivity contribution is 7.92. The van der Waals surface area contributed by atoms with E-state index in [9.17, 15) is 18.0 Å². The van der Waals surface area contributed by atoms with Crippen LogP contribution in [0.4, 0.5) is 5.69 Å². The van der Waals surface area contributed by atoms with E-state index in [1.165, 1.54) is 11.2 Å². The van der Waals surface area contributed by atoms with Gasteiger partial charge in [-0.2, -0.15) is 0 Å². The van der Waals surface area contributed by atoms with Gasteiger partial charge in [-0.25, -0.2) is 8.42 Å². The highest BCUT2D eigenvalue weighted by Gasteiger charge is 2.18. The molecule has 0 unspecified atom stereocenters. The molecular weight excluding hydrogens is 364 g/mol. The van der Waals surface area contributed by atoms with E-state index >= 15 is 0 Å². The number of nitrogens with one attached hydrogen (secondary N) is 1. The molecule has 0 saturated heterocycles. The molecule has 1 amide bonds. The second-order valence-electron chi connectivity index (χ2n) is 6.28. The summed E-state index contributed by atoms with van der Waals surface area (Å²) >= 11 is 0. The highest BCUT2D eigenvalue weighted by atomic mass is 32.2. The molecule has 0 atom stereocenters. The lowest BCUT2D eigenvalue weighted by atomic mass is 10.1. The molecule has 0 aromatic heterocycles. The first-order chi connectivity index (χ1) is 12.8. The van der Waals surface area contributed by atoms with Crippen molar-refractivity contribution >= 4 is 27.4 Å². The van der Waals surface area contributed by atoms with E-state index in [1.807, 2.05) is 30.3 Å². The van der Waals surface area contributed by atoms with Crippen LogP contribution < -0.4 is 9.62 Å². The zero-order valence-electron chi connectivity index (χ0n) is 15.5. The average molecular weight is 388 g/mol. The van der Waals surface area contributed by atoms with Gasteiger partial charge < -0.3 is 5.32 Å². The molecule has 6 nitrogen and oxygen atoms in total. The Kier molecular flexibility index (Phi) is 7.12. The first-order valence-electron chi connectivity index (χ1n) is 8.66. The summed E-state index contributed by atoms with van der Waals surface area (Å²) in [7, 11) is -3.54. The molecule has 144 valence electrons. The van der Waals surface area contributed by atoms with Gasteiger partial charge in [0.15, 0.2) is 5.78 Å². The Morgan fingerprint density at radius 2 is 1.74 bits per heavy atom. The number of benzene rings is 2. The topological polar surface area (TPSA) is 83.6 Å². The standard InChI is InChI=1S/C20H24N2O4S/c1-16(23)18-9-6-10-19(15-18)22(27(2,25)26)14-13-21-20(24)12-11-17-7-4-3-5-8-17/h3-10,15H,11-14H2,1-2H3,(H,21,24). The Morgan fingerprint density at radius 1 is 1.04 bits per heavy atom. The normalized spacial score (nSPS) is 11.0. The number of amides is 1. The first kappa shape index (κ1) is 20.6. The predicted molar refractivity (Wildman–Crippen MR) is 106 cm³/mol. The van der Waals surface area contributed by atoms with Gasteiger partial charge in [0.1, 0.15) is 0 Å². The van der Waals surface area contributed by atoms with Crippen LogP contribution in [-0.4, -0.2) is 39.5 Å². The molecule has 7 heteroatoms. The summed E-state index contributed by atoms with van der Waals surface area (Å²) in [6.45, 7) is 1.71. The Labute approximate surface area is 160 Å². The molecule has 0 aliphatic rings. The van der Waals surface area contributed by atoms with Gasteiger partial charge in [-0.05, 0) is 31.0 Å². The van der Waals surface area contributed by atoms with E-state index < -0.39 is 10.0 Å². The van der Waals surface area contributed by atoms with Crippen molar-refractivity contribution in [2.24, 2.45) is 0 Å². The molecule has 0 aliphatic carbocycles. The fourth-order valence-electron chi connectivity index (χ4n) is 2.65. The van der Waals surface area contributed by atoms with Crippen molar-refractivity contribution in [2.75, 3.05) is 23.7 Å². The second-order valence-corrected chi connectivity index (χ2v) is 8.18. The molecule has 0 radical (unpaired) electrons. The van der Waals surface area contributed by atoms with Crippen LogP contribution in [0.25, 0.3) is 0 Å².